The van der Waals surface area contributed by atoms with Crippen molar-refractivity contribution >= 4 is 11.9 Å². The van der Waals surface area contributed by atoms with Crippen LogP contribution >= 0.6 is 0 Å². The molecule has 1 amide bonds. The molecule has 1 saturated heterocycles. The van der Waals surface area contributed by atoms with Crippen molar-refractivity contribution in [2.24, 2.45) is 0 Å². The minimum absolute atomic E-state index is 0.0143. The van der Waals surface area contributed by atoms with E-state index in [1.165, 1.54) is 19.1 Å². The van der Waals surface area contributed by atoms with Gasteiger partial charge in [-0.1, -0.05) is 6.07 Å². The Morgan fingerprint density at radius 2 is 1.86 bits per heavy atom. The van der Waals surface area contributed by atoms with E-state index in [0.29, 0.717) is 38.4 Å². The molecule has 1 aromatic rings. The standard InChI is InChI=1S/C16H19F2NO3/c1-10(20)19-7-5-11(6-8-19)12-3-4-13(15(21)22)14(9-12)16(2,17)18/h3-4,9,11H,5-8H2,1-2H3,(H,21,22). The van der Waals surface area contributed by atoms with Gasteiger partial charge in [0.05, 0.1) is 5.56 Å². The number of carbonyl (C=O) groups excluding carboxylic acids is 1. The number of halogens is 2. The number of piperidine rings is 1. The zero-order valence-corrected chi connectivity index (χ0v) is 12.6. The monoisotopic (exact) mass is 311 g/mol. The molecule has 1 N–H and O–H groups in total. The van der Waals surface area contributed by atoms with Crippen molar-refractivity contribution < 1.29 is 23.5 Å². The maximum Gasteiger partial charge on any atom is 0.336 e. The van der Waals surface area contributed by atoms with E-state index in [4.69, 9.17) is 5.11 Å². The van der Waals surface area contributed by atoms with Gasteiger partial charge in [0, 0.05) is 32.5 Å². The second-order valence-corrected chi connectivity index (χ2v) is 5.78. The highest BCUT2D eigenvalue weighted by atomic mass is 19.3. The molecule has 1 fully saturated rings. The number of hydrogen-bond acceptors (Lipinski definition) is 2. The van der Waals surface area contributed by atoms with Crippen LogP contribution in [0, 0.1) is 0 Å². The fourth-order valence-corrected chi connectivity index (χ4v) is 2.89. The topological polar surface area (TPSA) is 57.6 Å². The van der Waals surface area contributed by atoms with Gasteiger partial charge in [-0.15, -0.1) is 0 Å². The summed E-state index contributed by atoms with van der Waals surface area (Å²) < 4.78 is 27.3. The van der Waals surface area contributed by atoms with Gasteiger partial charge >= 0.3 is 5.97 Å². The van der Waals surface area contributed by atoms with Gasteiger partial charge in [-0.2, -0.15) is 0 Å². The summed E-state index contributed by atoms with van der Waals surface area (Å²) in [7, 11) is 0. The Balaban J connectivity index is 2.27. The number of alkyl halides is 2. The summed E-state index contributed by atoms with van der Waals surface area (Å²) in [6.07, 6.45) is 1.39. The lowest BCUT2D eigenvalue weighted by Gasteiger charge is -2.32. The average Bonchev–Trinajstić information content (AvgIpc) is 2.45. The van der Waals surface area contributed by atoms with E-state index in [9.17, 15) is 18.4 Å². The highest BCUT2D eigenvalue weighted by Gasteiger charge is 2.31. The first-order valence-corrected chi connectivity index (χ1v) is 7.21. The first-order chi connectivity index (χ1) is 10.2. The molecule has 0 radical (unpaired) electrons. The van der Waals surface area contributed by atoms with Crippen LogP contribution in [0.15, 0.2) is 18.2 Å². The molecule has 0 spiro atoms. The van der Waals surface area contributed by atoms with Crippen LogP contribution in [0.3, 0.4) is 0 Å². The Hall–Kier alpha value is -1.98. The average molecular weight is 311 g/mol. The molecule has 0 aromatic heterocycles. The van der Waals surface area contributed by atoms with Crippen molar-refractivity contribution in [3.05, 3.63) is 34.9 Å². The lowest BCUT2D eigenvalue weighted by molar-refractivity contribution is -0.129. The smallest absolute Gasteiger partial charge is 0.336 e. The highest BCUT2D eigenvalue weighted by Crippen LogP contribution is 2.35. The van der Waals surface area contributed by atoms with Gasteiger partial charge in [0.1, 0.15) is 0 Å². The van der Waals surface area contributed by atoms with Crippen LogP contribution in [0.25, 0.3) is 0 Å². The summed E-state index contributed by atoms with van der Waals surface area (Å²) in [5.74, 6) is -4.47. The summed E-state index contributed by atoms with van der Waals surface area (Å²) in [5, 5.41) is 9.05. The number of benzene rings is 1. The number of nitrogens with zero attached hydrogens (tertiary/aromatic N) is 1. The van der Waals surface area contributed by atoms with Crippen LogP contribution < -0.4 is 0 Å². The molecule has 4 nitrogen and oxygen atoms in total. The van der Waals surface area contributed by atoms with Gasteiger partial charge in [-0.05, 0) is 36.5 Å². The SMILES string of the molecule is CC(=O)N1CCC(c2ccc(C(=O)O)c(C(C)(F)F)c2)CC1. The number of carbonyl (C=O) groups is 2. The predicted molar refractivity (Wildman–Crippen MR) is 77.2 cm³/mol. The maximum absolute atomic E-state index is 13.7. The molecule has 1 aliphatic heterocycles. The van der Waals surface area contributed by atoms with Crippen molar-refractivity contribution in [1.29, 1.82) is 0 Å². The molecule has 1 aromatic carbocycles. The quantitative estimate of drug-likeness (QED) is 0.932. The third-order valence-electron chi connectivity index (χ3n) is 4.16. The molecule has 1 heterocycles. The van der Waals surface area contributed by atoms with Crippen molar-refractivity contribution in [2.45, 2.75) is 38.5 Å². The van der Waals surface area contributed by atoms with E-state index < -0.39 is 17.5 Å². The molecular formula is C16H19F2NO3. The van der Waals surface area contributed by atoms with E-state index in [1.54, 1.807) is 11.0 Å². The second-order valence-electron chi connectivity index (χ2n) is 5.78. The van der Waals surface area contributed by atoms with Crippen molar-refractivity contribution in [3.8, 4) is 0 Å². The molecular weight excluding hydrogens is 292 g/mol. The van der Waals surface area contributed by atoms with E-state index in [-0.39, 0.29) is 17.4 Å². The second kappa shape index (κ2) is 6.02. The number of carboxylic acids is 1. The number of rotatable bonds is 3. The summed E-state index contributed by atoms with van der Waals surface area (Å²) in [4.78, 5) is 24.1. The van der Waals surface area contributed by atoms with Crippen molar-refractivity contribution in [1.82, 2.24) is 4.90 Å². The molecule has 2 rings (SSSR count). The minimum atomic E-state index is -3.20. The van der Waals surface area contributed by atoms with Gasteiger partial charge in [0.25, 0.3) is 5.92 Å². The van der Waals surface area contributed by atoms with Gasteiger partial charge in [-0.3, -0.25) is 4.79 Å². The Morgan fingerprint density at radius 1 is 1.27 bits per heavy atom. The number of likely N-dealkylation sites (tertiary alicyclic amines) is 1. The van der Waals surface area contributed by atoms with Crippen LogP contribution in [0.5, 0.6) is 0 Å². The summed E-state index contributed by atoms with van der Waals surface area (Å²) >= 11 is 0. The Kier molecular flexibility index (Phi) is 4.49. The van der Waals surface area contributed by atoms with Crippen LogP contribution in [0.1, 0.15) is 54.1 Å². The van der Waals surface area contributed by atoms with E-state index >= 15 is 0 Å². The van der Waals surface area contributed by atoms with Gasteiger partial charge in [0.2, 0.25) is 5.91 Å². The fraction of sp³-hybridized carbons (Fsp3) is 0.500. The summed E-state index contributed by atoms with van der Waals surface area (Å²) in [6.45, 7) is 3.41. The molecule has 0 aliphatic carbocycles. The zero-order valence-electron chi connectivity index (χ0n) is 12.6. The number of hydrogen-bond donors (Lipinski definition) is 1. The van der Waals surface area contributed by atoms with Gasteiger partial charge < -0.3 is 10.0 Å². The Bertz CT molecular complexity index is 588. The molecule has 6 heteroatoms. The molecule has 22 heavy (non-hydrogen) atoms. The van der Waals surface area contributed by atoms with Gasteiger partial charge in [-0.25, -0.2) is 13.6 Å². The van der Waals surface area contributed by atoms with Crippen LogP contribution in [0.2, 0.25) is 0 Å². The number of carboxylic acid groups (broad SMARTS) is 1. The number of aromatic carboxylic acids is 1. The molecule has 0 saturated carbocycles. The molecule has 0 unspecified atom stereocenters. The highest BCUT2D eigenvalue weighted by molar-refractivity contribution is 5.89. The number of amides is 1. The van der Waals surface area contributed by atoms with Crippen molar-refractivity contribution in [2.75, 3.05) is 13.1 Å². The van der Waals surface area contributed by atoms with Crippen LogP contribution in [-0.2, 0) is 10.7 Å². The van der Waals surface area contributed by atoms with E-state index in [0.717, 1.165) is 0 Å². The summed E-state index contributed by atoms with van der Waals surface area (Å²) in [5.41, 5.74) is -0.103. The van der Waals surface area contributed by atoms with Crippen molar-refractivity contribution in [3.63, 3.8) is 0 Å². The lowest BCUT2D eigenvalue weighted by atomic mass is 9.86. The predicted octanol–water partition coefficient (Wildman–Crippen LogP) is 3.22. The van der Waals surface area contributed by atoms with E-state index in [2.05, 4.69) is 0 Å². The van der Waals surface area contributed by atoms with Crippen LogP contribution in [0.4, 0.5) is 8.78 Å². The van der Waals surface area contributed by atoms with Gasteiger partial charge in [0.15, 0.2) is 0 Å². The summed E-state index contributed by atoms with van der Waals surface area (Å²) in [6, 6.07) is 4.16. The Morgan fingerprint density at radius 3 is 2.32 bits per heavy atom. The lowest BCUT2D eigenvalue weighted by Crippen LogP contribution is -2.36. The molecule has 1 aliphatic rings. The normalized spacial score (nSPS) is 16.6. The minimum Gasteiger partial charge on any atom is -0.478 e. The molecule has 0 atom stereocenters. The molecule has 0 bridgehead atoms. The first kappa shape index (κ1) is 16.4. The first-order valence-electron chi connectivity index (χ1n) is 7.21. The third-order valence-corrected chi connectivity index (χ3v) is 4.16. The zero-order chi connectivity index (χ0) is 16.5. The largest absolute Gasteiger partial charge is 0.478 e. The Labute approximate surface area is 127 Å². The van der Waals surface area contributed by atoms with Crippen LogP contribution in [-0.4, -0.2) is 35.0 Å². The molecule has 120 valence electrons. The maximum atomic E-state index is 13.7. The third kappa shape index (κ3) is 3.43. The van der Waals surface area contributed by atoms with E-state index in [1.807, 2.05) is 0 Å². The fourth-order valence-electron chi connectivity index (χ4n) is 2.89.